The maximum atomic E-state index is 13.6. The number of benzene rings is 2. The molecule has 6 heteroatoms. The molecule has 30 heavy (non-hydrogen) atoms. The molecule has 2 heterocycles. The van der Waals surface area contributed by atoms with Gasteiger partial charge in [-0.2, -0.15) is 0 Å². The number of fused-ring (bicyclic) bond motifs is 1. The molecule has 1 atom stereocenters. The number of carbonyl (C=O) groups excluding carboxylic acids is 3. The number of likely N-dealkylation sites (N-methyl/N-ethyl adjacent to an activating group) is 1. The Kier molecular flexibility index (Phi) is 5.68. The van der Waals surface area contributed by atoms with E-state index in [1.807, 2.05) is 30.3 Å². The standard InChI is InChI=1S/C24H27N3O3/c1-25-14-12-18(13-15-25)26(2)24(30)21(16-17-8-4-3-5-9-17)27-22(28)19-10-6-7-11-20(19)23(27)29/h3-11,18,21H,12-16H2,1-2H3/t21-/m0/s1. The van der Waals surface area contributed by atoms with Crippen LogP contribution in [0.3, 0.4) is 0 Å². The fraction of sp³-hybridized carbons (Fsp3) is 0.375. The van der Waals surface area contributed by atoms with E-state index < -0.39 is 6.04 Å². The molecule has 0 saturated carbocycles. The zero-order valence-corrected chi connectivity index (χ0v) is 17.5. The third-order valence-corrected chi connectivity index (χ3v) is 6.28. The van der Waals surface area contributed by atoms with Gasteiger partial charge in [-0.05, 0) is 50.7 Å². The third kappa shape index (κ3) is 3.75. The lowest BCUT2D eigenvalue weighted by Gasteiger charge is -2.38. The predicted octanol–water partition coefficient (Wildman–Crippen LogP) is 2.45. The van der Waals surface area contributed by atoms with E-state index in [9.17, 15) is 14.4 Å². The Hall–Kier alpha value is -2.99. The summed E-state index contributed by atoms with van der Waals surface area (Å²) in [7, 11) is 3.88. The van der Waals surface area contributed by atoms with E-state index in [0.29, 0.717) is 17.5 Å². The Morgan fingerprint density at radius 1 is 0.967 bits per heavy atom. The third-order valence-electron chi connectivity index (χ3n) is 6.28. The van der Waals surface area contributed by atoms with Crippen LogP contribution >= 0.6 is 0 Å². The number of imide groups is 1. The first-order chi connectivity index (χ1) is 14.5. The predicted molar refractivity (Wildman–Crippen MR) is 114 cm³/mol. The molecule has 0 aromatic heterocycles. The van der Waals surface area contributed by atoms with Crippen LogP contribution in [0.4, 0.5) is 0 Å². The topological polar surface area (TPSA) is 60.9 Å². The van der Waals surface area contributed by atoms with Crippen LogP contribution in [0.1, 0.15) is 39.1 Å². The number of nitrogens with zero attached hydrogens (tertiary/aromatic N) is 3. The van der Waals surface area contributed by atoms with E-state index in [0.717, 1.165) is 31.5 Å². The van der Waals surface area contributed by atoms with Crippen molar-refractivity contribution in [1.29, 1.82) is 0 Å². The molecule has 3 amide bonds. The molecule has 156 valence electrons. The average Bonchev–Trinajstić information content (AvgIpc) is 3.03. The van der Waals surface area contributed by atoms with Crippen molar-refractivity contribution in [3.63, 3.8) is 0 Å². The van der Waals surface area contributed by atoms with Crippen molar-refractivity contribution in [3.05, 3.63) is 71.3 Å². The van der Waals surface area contributed by atoms with Gasteiger partial charge in [0.25, 0.3) is 11.8 Å². The Morgan fingerprint density at radius 2 is 1.50 bits per heavy atom. The van der Waals surface area contributed by atoms with Gasteiger partial charge in [0.15, 0.2) is 0 Å². The number of likely N-dealkylation sites (tertiary alicyclic amines) is 1. The van der Waals surface area contributed by atoms with Crippen molar-refractivity contribution in [2.45, 2.75) is 31.3 Å². The lowest BCUT2D eigenvalue weighted by Crippen LogP contribution is -2.54. The summed E-state index contributed by atoms with van der Waals surface area (Å²) in [6, 6.07) is 15.6. The van der Waals surface area contributed by atoms with Crippen LogP contribution in [0.5, 0.6) is 0 Å². The van der Waals surface area contributed by atoms with Gasteiger partial charge in [0.1, 0.15) is 6.04 Å². The summed E-state index contributed by atoms with van der Waals surface area (Å²) >= 11 is 0. The van der Waals surface area contributed by atoms with E-state index in [-0.39, 0.29) is 23.8 Å². The first-order valence-corrected chi connectivity index (χ1v) is 10.4. The summed E-state index contributed by atoms with van der Waals surface area (Å²) in [6.07, 6.45) is 2.08. The smallest absolute Gasteiger partial charge is 0.262 e. The van der Waals surface area contributed by atoms with Gasteiger partial charge < -0.3 is 9.80 Å². The van der Waals surface area contributed by atoms with Crippen molar-refractivity contribution in [3.8, 4) is 0 Å². The molecule has 0 N–H and O–H groups in total. The molecule has 2 aromatic rings. The van der Waals surface area contributed by atoms with Crippen molar-refractivity contribution in [2.24, 2.45) is 0 Å². The van der Waals surface area contributed by atoms with Gasteiger partial charge in [-0.3, -0.25) is 19.3 Å². The minimum Gasteiger partial charge on any atom is -0.341 e. The van der Waals surface area contributed by atoms with E-state index in [1.54, 1.807) is 36.2 Å². The zero-order valence-electron chi connectivity index (χ0n) is 17.5. The largest absolute Gasteiger partial charge is 0.341 e. The summed E-state index contributed by atoms with van der Waals surface area (Å²) in [5.41, 5.74) is 1.66. The van der Waals surface area contributed by atoms with E-state index in [2.05, 4.69) is 11.9 Å². The highest BCUT2D eigenvalue weighted by Crippen LogP contribution is 2.27. The molecule has 0 spiro atoms. The van der Waals surface area contributed by atoms with Crippen molar-refractivity contribution in [2.75, 3.05) is 27.2 Å². The number of hydrogen-bond donors (Lipinski definition) is 0. The molecule has 0 unspecified atom stereocenters. The maximum Gasteiger partial charge on any atom is 0.262 e. The maximum absolute atomic E-state index is 13.6. The quantitative estimate of drug-likeness (QED) is 0.717. The Bertz CT molecular complexity index is 916. The second-order valence-corrected chi connectivity index (χ2v) is 8.22. The van der Waals surface area contributed by atoms with Crippen molar-refractivity contribution in [1.82, 2.24) is 14.7 Å². The van der Waals surface area contributed by atoms with Crippen LogP contribution in [0.25, 0.3) is 0 Å². The van der Waals surface area contributed by atoms with Crippen molar-refractivity contribution < 1.29 is 14.4 Å². The molecule has 4 rings (SSSR count). The van der Waals surface area contributed by atoms with Crippen LogP contribution in [-0.2, 0) is 11.2 Å². The zero-order chi connectivity index (χ0) is 21.3. The Morgan fingerprint density at radius 3 is 2.07 bits per heavy atom. The molecule has 2 aromatic carbocycles. The summed E-state index contributed by atoms with van der Waals surface area (Å²) in [5.74, 6) is -0.953. The summed E-state index contributed by atoms with van der Waals surface area (Å²) in [4.78, 5) is 45.0. The van der Waals surface area contributed by atoms with Gasteiger partial charge in [-0.1, -0.05) is 42.5 Å². The molecule has 0 bridgehead atoms. The highest BCUT2D eigenvalue weighted by Gasteiger charge is 2.44. The molecule has 6 nitrogen and oxygen atoms in total. The Labute approximate surface area is 177 Å². The van der Waals surface area contributed by atoms with E-state index in [1.165, 1.54) is 4.90 Å². The van der Waals surface area contributed by atoms with E-state index >= 15 is 0 Å². The summed E-state index contributed by atoms with van der Waals surface area (Å²) < 4.78 is 0. The van der Waals surface area contributed by atoms with Crippen LogP contribution in [0, 0.1) is 0 Å². The highest BCUT2D eigenvalue weighted by atomic mass is 16.2. The number of piperidine rings is 1. The molecule has 2 aliphatic rings. The summed E-state index contributed by atoms with van der Waals surface area (Å²) in [5, 5.41) is 0. The number of rotatable bonds is 5. The first kappa shape index (κ1) is 20.3. The molecule has 1 fully saturated rings. The molecule has 0 radical (unpaired) electrons. The highest BCUT2D eigenvalue weighted by molar-refractivity contribution is 6.22. The molecular formula is C24H27N3O3. The number of amides is 3. The van der Waals surface area contributed by atoms with Crippen LogP contribution in [0.2, 0.25) is 0 Å². The van der Waals surface area contributed by atoms with Gasteiger partial charge >= 0.3 is 0 Å². The van der Waals surface area contributed by atoms with Gasteiger partial charge in [0.05, 0.1) is 11.1 Å². The van der Waals surface area contributed by atoms with Gasteiger partial charge in [-0.25, -0.2) is 0 Å². The lowest BCUT2D eigenvalue weighted by atomic mass is 9.99. The molecule has 2 aliphatic heterocycles. The molecule has 1 saturated heterocycles. The minimum atomic E-state index is -0.857. The fourth-order valence-electron chi connectivity index (χ4n) is 4.41. The molecule has 0 aliphatic carbocycles. The summed E-state index contributed by atoms with van der Waals surface area (Å²) in [6.45, 7) is 1.86. The minimum absolute atomic E-state index is 0.113. The van der Waals surface area contributed by atoms with Crippen LogP contribution < -0.4 is 0 Å². The second-order valence-electron chi connectivity index (χ2n) is 8.22. The monoisotopic (exact) mass is 405 g/mol. The van der Waals surface area contributed by atoms with Crippen LogP contribution in [-0.4, -0.2) is 71.7 Å². The molecular weight excluding hydrogens is 378 g/mol. The fourth-order valence-corrected chi connectivity index (χ4v) is 4.41. The average molecular weight is 405 g/mol. The lowest BCUT2D eigenvalue weighted by molar-refractivity contribution is -0.137. The van der Waals surface area contributed by atoms with Crippen LogP contribution in [0.15, 0.2) is 54.6 Å². The number of hydrogen-bond acceptors (Lipinski definition) is 4. The van der Waals surface area contributed by atoms with Gasteiger partial charge in [-0.15, -0.1) is 0 Å². The second kappa shape index (κ2) is 8.40. The number of carbonyl (C=O) groups is 3. The van der Waals surface area contributed by atoms with E-state index in [4.69, 9.17) is 0 Å². The van der Waals surface area contributed by atoms with Crippen molar-refractivity contribution >= 4 is 17.7 Å². The SMILES string of the molecule is CN1CCC(N(C)C(=O)[C@H](Cc2ccccc2)N2C(=O)c3ccccc3C2=O)CC1. The van der Waals surface area contributed by atoms with Gasteiger partial charge in [0.2, 0.25) is 5.91 Å². The normalized spacial score (nSPS) is 18.4. The van der Waals surface area contributed by atoms with Gasteiger partial charge in [0, 0.05) is 19.5 Å². The Balaban J connectivity index is 1.64. The first-order valence-electron chi connectivity index (χ1n) is 10.4.